The van der Waals surface area contributed by atoms with Crippen LogP contribution in [0.1, 0.15) is 6.92 Å². The van der Waals surface area contributed by atoms with Gasteiger partial charge < -0.3 is 0 Å². The topological polar surface area (TPSA) is 67.4 Å². The van der Waals surface area contributed by atoms with Crippen molar-refractivity contribution < 1.29 is 0 Å². The molecule has 6 heteroatoms. The van der Waals surface area contributed by atoms with E-state index in [9.17, 15) is 0 Å². The van der Waals surface area contributed by atoms with Crippen LogP contribution in [0.4, 0.5) is 0 Å². The van der Waals surface area contributed by atoms with E-state index in [1.807, 2.05) is 37.3 Å². The molecule has 0 aliphatic heterocycles. The number of rotatable bonds is 3. The molecule has 0 aliphatic carbocycles. The van der Waals surface area contributed by atoms with E-state index in [2.05, 4.69) is 21.1 Å². The Morgan fingerprint density at radius 3 is 2.80 bits per heavy atom. The van der Waals surface area contributed by atoms with Crippen molar-refractivity contribution in [3.05, 3.63) is 42.9 Å². The summed E-state index contributed by atoms with van der Waals surface area (Å²) >= 11 is 1.42. The number of fused-ring (bicyclic) bond motifs is 1. The molecule has 0 radical (unpaired) electrons. The lowest BCUT2D eigenvalue weighted by molar-refractivity contribution is 0.893. The van der Waals surface area contributed by atoms with E-state index < -0.39 is 0 Å². The Labute approximate surface area is 120 Å². The normalized spacial score (nSPS) is 12.2. The zero-order chi connectivity index (χ0) is 13.9. The number of nitriles is 1. The van der Waals surface area contributed by atoms with Gasteiger partial charge in [-0.3, -0.25) is 0 Å². The summed E-state index contributed by atoms with van der Waals surface area (Å²) in [5.74, 6) is 0. The lowest BCUT2D eigenvalue weighted by atomic mass is 10.3. The highest BCUT2D eigenvalue weighted by Crippen LogP contribution is 2.28. The molecular weight excluding hydrogens is 270 g/mol. The molecule has 98 valence electrons. The second kappa shape index (κ2) is 5.31. The molecule has 20 heavy (non-hydrogen) atoms. The lowest BCUT2D eigenvalue weighted by Gasteiger charge is -2.04. The Kier molecular flexibility index (Phi) is 3.35. The van der Waals surface area contributed by atoms with Crippen molar-refractivity contribution >= 4 is 22.8 Å². The third-order valence-electron chi connectivity index (χ3n) is 2.80. The van der Waals surface area contributed by atoms with Gasteiger partial charge in [-0.2, -0.15) is 10.4 Å². The maximum atomic E-state index is 8.92. The summed E-state index contributed by atoms with van der Waals surface area (Å²) in [6.45, 7) is 1.85. The van der Waals surface area contributed by atoms with E-state index in [-0.39, 0.29) is 5.25 Å². The van der Waals surface area contributed by atoms with Crippen molar-refractivity contribution in [1.29, 1.82) is 5.26 Å². The van der Waals surface area contributed by atoms with Crippen LogP contribution >= 0.6 is 11.8 Å². The van der Waals surface area contributed by atoms with Crippen LogP contribution in [0.15, 0.2) is 47.9 Å². The van der Waals surface area contributed by atoms with Crippen molar-refractivity contribution in [3.8, 4) is 11.8 Å². The fourth-order valence-electron chi connectivity index (χ4n) is 1.87. The van der Waals surface area contributed by atoms with Gasteiger partial charge >= 0.3 is 0 Å². The molecule has 1 aromatic carbocycles. The van der Waals surface area contributed by atoms with Gasteiger partial charge in [0.2, 0.25) is 0 Å². The first-order valence-electron chi connectivity index (χ1n) is 6.10. The first-order valence-corrected chi connectivity index (χ1v) is 6.98. The van der Waals surface area contributed by atoms with Crippen LogP contribution in [0.5, 0.6) is 0 Å². The predicted molar refractivity (Wildman–Crippen MR) is 77.6 cm³/mol. The maximum absolute atomic E-state index is 8.92. The molecule has 1 unspecified atom stereocenters. The van der Waals surface area contributed by atoms with Gasteiger partial charge in [0.05, 0.1) is 28.6 Å². The largest absolute Gasteiger partial charge is 0.229 e. The summed E-state index contributed by atoms with van der Waals surface area (Å²) in [7, 11) is 0. The van der Waals surface area contributed by atoms with E-state index in [1.54, 1.807) is 10.9 Å². The summed E-state index contributed by atoms with van der Waals surface area (Å²) < 4.78 is 1.78. The lowest BCUT2D eigenvalue weighted by Crippen LogP contribution is -1.98. The van der Waals surface area contributed by atoms with Crippen LogP contribution in [0, 0.1) is 11.3 Å². The average Bonchev–Trinajstić information content (AvgIpc) is 2.93. The summed E-state index contributed by atoms with van der Waals surface area (Å²) in [4.78, 5) is 8.55. The molecule has 1 atom stereocenters. The van der Waals surface area contributed by atoms with Crippen LogP contribution in [-0.2, 0) is 0 Å². The molecule has 0 spiro atoms. The number of hydrogen-bond donors (Lipinski definition) is 0. The minimum Gasteiger partial charge on any atom is -0.229 e. The van der Waals surface area contributed by atoms with Gasteiger partial charge in [0.15, 0.2) is 5.65 Å². The Balaban J connectivity index is 2.11. The summed E-state index contributed by atoms with van der Waals surface area (Å²) in [6.07, 6.45) is 3.25. The van der Waals surface area contributed by atoms with Gasteiger partial charge in [-0.1, -0.05) is 30.0 Å². The molecule has 2 heterocycles. The fourth-order valence-corrected chi connectivity index (χ4v) is 2.64. The van der Waals surface area contributed by atoms with E-state index in [0.29, 0.717) is 0 Å². The number of hydrogen-bond acceptors (Lipinski definition) is 5. The fraction of sp³-hybridized carbons (Fsp3) is 0.143. The SMILES string of the molecule is CC(C#N)Sc1ncnc2c1cnn2-c1ccccc1. The standard InChI is InChI=1S/C14H11N5S/c1-10(7-15)20-14-12-8-18-19(13(12)16-9-17-14)11-5-3-2-4-6-11/h2-6,8-10H,1H3. The van der Waals surface area contributed by atoms with E-state index in [0.717, 1.165) is 21.7 Å². The molecule has 0 bridgehead atoms. The first-order chi connectivity index (χ1) is 9.79. The van der Waals surface area contributed by atoms with Crippen LogP contribution < -0.4 is 0 Å². The Morgan fingerprint density at radius 2 is 2.05 bits per heavy atom. The Morgan fingerprint density at radius 1 is 1.25 bits per heavy atom. The van der Waals surface area contributed by atoms with E-state index in [4.69, 9.17) is 5.26 Å². The highest BCUT2D eigenvalue weighted by atomic mass is 32.2. The van der Waals surface area contributed by atoms with Gasteiger partial charge in [-0.15, -0.1) is 0 Å². The molecule has 0 aliphatic rings. The molecule has 2 aromatic heterocycles. The van der Waals surface area contributed by atoms with Crippen LogP contribution in [-0.4, -0.2) is 25.0 Å². The molecule has 3 aromatic rings. The zero-order valence-electron chi connectivity index (χ0n) is 10.8. The summed E-state index contributed by atoms with van der Waals surface area (Å²) in [5.41, 5.74) is 1.70. The second-order valence-corrected chi connectivity index (χ2v) is 5.53. The minimum absolute atomic E-state index is 0.159. The van der Waals surface area contributed by atoms with Gasteiger partial charge in [-0.25, -0.2) is 14.6 Å². The third kappa shape index (κ3) is 2.24. The Bertz CT molecular complexity index is 775. The van der Waals surface area contributed by atoms with Gasteiger partial charge in [0.1, 0.15) is 11.4 Å². The number of aromatic nitrogens is 4. The van der Waals surface area contributed by atoms with E-state index >= 15 is 0 Å². The molecule has 5 nitrogen and oxygen atoms in total. The smallest absolute Gasteiger partial charge is 0.167 e. The molecule has 3 rings (SSSR count). The number of thioether (sulfide) groups is 1. The summed E-state index contributed by atoms with van der Waals surface area (Å²) in [5, 5.41) is 14.8. The third-order valence-corrected chi connectivity index (χ3v) is 3.81. The molecule has 0 saturated heterocycles. The molecule has 0 fully saturated rings. The number of nitrogens with zero attached hydrogens (tertiary/aromatic N) is 5. The number of para-hydroxylation sites is 1. The Hall–Kier alpha value is -2.39. The molecule has 0 N–H and O–H groups in total. The quantitative estimate of drug-likeness (QED) is 0.545. The zero-order valence-corrected chi connectivity index (χ0v) is 11.6. The highest BCUT2D eigenvalue weighted by Gasteiger charge is 2.13. The van der Waals surface area contributed by atoms with Crippen LogP contribution in [0.2, 0.25) is 0 Å². The van der Waals surface area contributed by atoms with Crippen molar-refractivity contribution in [2.24, 2.45) is 0 Å². The van der Waals surface area contributed by atoms with E-state index in [1.165, 1.54) is 18.1 Å². The van der Waals surface area contributed by atoms with Crippen molar-refractivity contribution in [2.75, 3.05) is 0 Å². The minimum atomic E-state index is -0.159. The van der Waals surface area contributed by atoms with Crippen molar-refractivity contribution in [2.45, 2.75) is 17.2 Å². The van der Waals surface area contributed by atoms with Crippen LogP contribution in [0.25, 0.3) is 16.7 Å². The van der Waals surface area contributed by atoms with Crippen molar-refractivity contribution in [1.82, 2.24) is 19.7 Å². The van der Waals surface area contributed by atoms with Gasteiger partial charge in [0, 0.05) is 0 Å². The molecule has 0 amide bonds. The summed E-state index contributed by atoms with van der Waals surface area (Å²) in [6, 6.07) is 12.0. The van der Waals surface area contributed by atoms with Crippen molar-refractivity contribution in [3.63, 3.8) is 0 Å². The van der Waals surface area contributed by atoms with Gasteiger partial charge in [-0.05, 0) is 19.1 Å². The molecule has 0 saturated carbocycles. The second-order valence-electron chi connectivity index (χ2n) is 4.20. The maximum Gasteiger partial charge on any atom is 0.167 e. The van der Waals surface area contributed by atoms with Gasteiger partial charge in [0.25, 0.3) is 0 Å². The average molecular weight is 281 g/mol. The predicted octanol–water partition coefficient (Wildman–Crippen LogP) is 2.82. The number of benzene rings is 1. The monoisotopic (exact) mass is 281 g/mol. The molecular formula is C14H11N5S. The highest BCUT2D eigenvalue weighted by molar-refractivity contribution is 8.00. The van der Waals surface area contributed by atoms with Crippen LogP contribution in [0.3, 0.4) is 0 Å². The first kappa shape index (κ1) is 12.6.